The van der Waals surface area contributed by atoms with Crippen molar-refractivity contribution in [1.29, 1.82) is 0 Å². The number of carbonyl (C=O) groups is 3. The van der Waals surface area contributed by atoms with Crippen LogP contribution in [0.2, 0.25) is 0 Å². The summed E-state index contributed by atoms with van der Waals surface area (Å²) < 4.78 is 29.7. The van der Waals surface area contributed by atoms with Crippen LogP contribution in [0.25, 0.3) is 0 Å². The van der Waals surface area contributed by atoms with Crippen molar-refractivity contribution in [1.82, 2.24) is 0 Å². The Balaban J connectivity index is 0.000000472. The van der Waals surface area contributed by atoms with Crippen LogP contribution in [0.4, 0.5) is 0 Å². The molecule has 0 aromatic heterocycles. The van der Waals surface area contributed by atoms with E-state index in [4.69, 9.17) is 4.55 Å². The van der Waals surface area contributed by atoms with E-state index >= 15 is 0 Å². The Morgan fingerprint density at radius 3 is 1.44 bits per heavy atom. The van der Waals surface area contributed by atoms with E-state index < -0.39 is 10.1 Å². The largest absolute Gasteiger partial charge is 0.308 e. The first kappa shape index (κ1) is 23.1. The standard InChI is InChI=1S/C10H18NO3.C7H8O3S/c1-8(12)5-11(4,6-9(2)13)7-10(3)14;1-6-2-4-7(5-3-6)11(8,9)10/h5-7H2,1-4H3;2-5H,1H3,(H,8,9,10)/q+1;. The summed E-state index contributed by atoms with van der Waals surface area (Å²) in [5.41, 5.74) is 0.956. The molecule has 1 aromatic carbocycles. The summed E-state index contributed by atoms with van der Waals surface area (Å²) in [5, 5.41) is 0. The van der Waals surface area contributed by atoms with Crippen molar-refractivity contribution >= 4 is 27.5 Å². The fraction of sp³-hybridized carbons (Fsp3) is 0.471. The third-order valence-electron chi connectivity index (χ3n) is 3.13. The maximum atomic E-state index is 11.0. The number of quaternary nitrogens is 1. The molecule has 0 atom stereocenters. The van der Waals surface area contributed by atoms with E-state index in [0.717, 1.165) is 5.56 Å². The van der Waals surface area contributed by atoms with E-state index in [2.05, 4.69) is 0 Å². The summed E-state index contributed by atoms with van der Waals surface area (Å²) in [6.07, 6.45) is 0. The molecule has 0 saturated heterocycles. The van der Waals surface area contributed by atoms with Gasteiger partial charge in [-0.25, -0.2) is 0 Å². The molecule has 1 aromatic rings. The van der Waals surface area contributed by atoms with Crippen LogP contribution in [0.5, 0.6) is 0 Å². The Hall–Kier alpha value is -1.90. The van der Waals surface area contributed by atoms with Gasteiger partial charge in [0.05, 0.1) is 11.9 Å². The number of aryl methyl sites for hydroxylation is 1. The zero-order valence-corrected chi connectivity index (χ0v) is 16.1. The second kappa shape index (κ2) is 9.55. The highest BCUT2D eigenvalue weighted by molar-refractivity contribution is 7.85. The summed E-state index contributed by atoms with van der Waals surface area (Å²) in [5.74, 6) is -0.0139. The average molecular weight is 372 g/mol. The van der Waals surface area contributed by atoms with Gasteiger partial charge in [0, 0.05) is 20.8 Å². The molecule has 0 aliphatic rings. The molecule has 140 valence electrons. The molecule has 0 amide bonds. The molecule has 0 unspecified atom stereocenters. The number of likely N-dealkylation sites (N-methyl/N-ethyl adjacent to an activating group) is 1. The van der Waals surface area contributed by atoms with E-state index in [1.165, 1.54) is 32.9 Å². The van der Waals surface area contributed by atoms with Crippen molar-refractivity contribution in [2.75, 3.05) is 26.7 Å². The second-order valence-corrected chi connectivity index (χ2v) is 7.91. The first-order valence-electron chi connectivity index (χ1n) is 7.61. The number of hydrogen-bond donors (Lipinski definition) is 1. The van der Waals surface area contributed by atoms with Crippen molar-refractivity contribution < 1.29 is 31.8 Å². The van der Waals surface area contributed by atoms with Gasteiger partial charge in [0.15, 0.2) is 17.3 Å². The Kier molecular flexibility index (Phi) is 8.82. The Labute approximate surface area is 149 Å². The van der Waals surface area contributed by atoms with Gasteiger partial charge >= 0.3 is 0 Å². The average Bonchev–Trinajstić information content (AvgIpc) is 2.34. The number of Topliss-reactive ketones (excluding diaryl/α,β-unsaturated/α-hetero) is 3. The molecule has 0 aliphatic carbocycles. The normalized spacial score (nSPS) is 11.3. The number of ketones is 3. The lowest BCUT2D eigenvalue weighted by molar-refractivity contribution is -0.885. The minimum Gasteiger partial charge on any atom is -0.308 e. The molecule has 0 saturated carbocycles. The second-order valence-electron chi connectivity index (χ2n) is 6.49. The van der Waals surface area contributed by atoms with Crippen molar-refractivity contribution in [2.45, 2.75) is 32.6 Å². The van der Waals surface area contributed by atoms with Crippen LogP contribution in [-0.2, 0) is 24.5 Å². The summed E-state index contributed by atoms with van der Waals surface area (Å²) in [7, 11) is -2.27. The number of benzene rings is 1. The lowest BCUT2D eigenvalue weighted by atomic mass is 10.2. The summed E-state index contributed by atoms with van der Waals surface area (Å²) in [6, 6.07) is 5.99. The highest BCUT2D eigenvalue weighted by Gasteiger charge is 2.27. The first-order valence-corrected chi connectivity index (χ1v) is 9.05. The predicted molar refractivity (Wildman–Crippen MR) is 93.8 cm³/mol. The van der Waals surface area contributed by atoms with Crippen LogP contribution in [0.3, 0.4) is 0 Å². The molecule has 25 heavy (non-hydrogen) atoms. The summed E-state index contributed by atoms with van der Waals surface area (Å²) >= 11 is 0. The van der Waals surface area contributed by atoms with Gasteiger partial charge in [0.25, 0.3) is 10.1 Å². The van der Waals surface area contributed by atoms with E-state index in [-0.39, 0.29) is 46.4 Å². The van der Waals surface area contributed by atoms with Gasteiger partial charge in [-0.1, -0.05) is 17.7 Å². The molecule has 1 rings (SSSR count). The van der Waals surface area contributed by atoms with Gasteiger partial charge < -0.3 is 4.48 Å². The molecule has 0 spiro atoms. The quantitative estimate of drug-likeness (QED) is 0.573. The number of hydrogen-bond acceptors (Lipinski definition) is 5. The van der Waals surface area contributed by atoms with Crippen molar-refractivity contribution in [3.63, 3.8) is 0 Å². The maximum Gasteiger partial charge on any atom is 0.294 e. The SMILES string of the molecule is CC(=O)C[N+](C)(CC(C)=O)CC(C)=O.Cc1ccc(S(=O)(=O)O)cc1. The lowest BCUT2D eigenvalue weighted by Crippen LogP contribution is -2.52. The van der Waals surface area contributed by atoms with Gasteiger partial charge in [-0.2, -0.15) is 8.42 Å². The fourth-order valence-electron chi connectivity index (χ4n) is 2.49. The molecule has 8 heteroatoms. The molecule has 0 radical (unpaired) electrons. The van der Waals surface area contributed by atoms with Crippen LogP contribution >= 0.6 is 0 Å². The smallest absolute Gasteiger partial charge is 0.294 e. The van der Waals surface area contributed by atoms with Crippen LogP contribution in [-0.4, -0.2) is 61.5 Å². The Bertz CT molecular complexity index is 681. The number of nitrogens with zero attached hydrogens (tertiary/aromatic N) is 1. The van der Waals surface area contributed by atoms with Crippen molar-refractivity contribution in [3.8, 4) is 0 Å². The predicted octanol–water partition coefficient (Wildman–Crippen LogP) is 1.44. The Morgan fingerprint density at radius 1 is 0.880 bits per heavy atom. The van der Waals surface area contributed by atoms with Crippen LogP contribution in [0.1, 0.15) is 26.3 Å². The zero-order chi connectivity index (χ0) is 19.8. The zero-order valence-electron chi connectivity index (χ0n) is 15.3. The van der Waals surface area contributed by atoms with E-state index in [0.29, 0.717) is 0 Å². The lowest BCUT2D eigenvalue weighted by Gasteiger charge is -2.31. The molecule has 0 fully saturated rings. The monoisotopic (exact) mass is 372 g/mol. The number of carbonyl (C=O) groups excluding carboxylic acids is 3. The third-order valence-corrected chi connectivity index (χ3v) is 4.00. The highest BCUT2D eigenvalue weighted by Crippen LogP contribution is 2.08. The maximum absolute atomic E-state index is 11.0. The van der Waals surface area contributed by atoms with Gasteiger partial charge in [-0.3, -0.25) is 18.9 Å². The Morgan fingerprint density at radius 2 is 1.20 bits per heavy atom. The van der Waals surface area contributed by atoms with E-state index in [9.17, 15) is 22.8 Å². The third kappa shape index (κ3) is 10.5. The summed E-state index contributed by atoms with van der Waals surface area (Å²) in [4.78, 5) is 32.9. The molecule has 0 heterocycles. The topological polar surface area (TPSA) is 106 Å². The van der Waals surface area contributed by atoms with Crippen LogP contribution < -0.4 is 0 Å². The van der Waals surface area contributed by atoms with Gasteiger partial charge in [-0.05, 0) is 19.1 Å². The number of rotatable bonds is 7. The minimum absolute atomic E-state index is 0.00463. The van der Waals surface area contributed by atoms with E-state index in [1.54, 1.807) is 19.2 Å². The molecule has 7 nitrogen and oxygen atoms in total. The summed E-state index contributed by atoms with van der Waals surface area (Å²) in [6.45, 7) is 6.95. The molecule has 0 aliphatic heterocycles. The highest BCUT2D eigenvalue weighted by atomic mass is 32.2. The molecule has 0 bridgehead atoms. The molecular formula is C17H26NO6S+. The van der Waals surface area contributed by atoms with Gasteiger partial charge in [0.1, 0.15) is 19.6 Å². The first-order chi connectivity index (χ1) is 11.2. The van der Waals surface area contributed by atoms with E-state index in [1.807, 2.05) is 6.92 Å². The van der Waals surface area contributed by atoms with Crippen LogP contribution in [0.15, 0.2) is 29.2 Å². The van der Waals surface area contributed by atoms with Crippen molar-refractivity contribution in [3.05, 3.63) is 29.8 Å². The van der Waals surface area contributed by atoms with Gasteiger partial charge in [-0.15, -0.1) is 0 Å². The molecule has 1 N–H and O–H groups in total. The fourth-order valence-corrected chi connectivity index (χ4v) is 2.97. The van der Waals surface area contributed by atoms with Crippen LogP contribution in [0, 0.1) is 6.92 Å². The minimum atomic E-state index is -4.02. The van der Waals surface area contributed by atoms with Gasteiger partial charge in [0.2, 0.25) is 0 Å². The molecular weight excluding hydrogens is 346 g/mol. The van der Waals surface area contributed by atoms with Crippen molar-refractivity contribution in [2.24, 2.45) is 0 Å².